The van der Waals surface area contributed by atoms with Crippen molar-refractivity contribution >= 4 is 32.8 Å². The van der Waals surface area contributed by atoms with Crippen LogP contribution in [0.5, 0.6) is 0 Å². The third-order valence-corrected chi connectivity index (χ3v) is 5.11. The smallest absolute Gasteiger partial charge is 0.349 e. The van der Waals surface area contributed by atoms with Crippen molar-refractivity contribution in [3.63, 3.8) is 0 Å². The molecule has 2 heterocycles. The summed E-state index contributed by atoms with van der Waals surface area (Å²) >= 11 is 3.48. The van der Waals surface area contributed by atoms with Crippen molar-refractivity contribution in [1.82, 2.24) is 4.90 Å². The number of halogens is 1. The predicted octanol–water partition coefficient (Wildman–Crippen LogP) is 4.53. The second-order valence-corrected chi connectivity index (χ2v) is 7.11. The largest absolute Gasteiger partial charge is 0.422 e. The number of amides is 1. The average Bonchev–Trinajstić information content (AvgIpc) is 3.10. The van der Waals surface area contributed by atoms with E-state index in [-0.39, 0.29) is 17.5 Å². The highest BCUT2D eigenvalue weighted by Gasteiger charge is 2.32. The molecule has 0 bridgehead atoms. The molecule has 0 aliphatic carbocycles. The van der Waals surface area contributed by atoms with E-state index in [0.29, 0.717) is 12.1 Å². The van der Waals surface area contributed by atoms with Crippen LogP contribution < -0.4 is 5.63 Å². The Morgan fingerprint density at radius 2 is 1.96 bits per heavy atom. The molecule has 0 saturated carbocycles. The van der Waals surface area contributed by atoms with Crippen LogP contribution >= 0.6 is 15.9 Å². The molecule has 2 aromatic carbocycles. The van der Waals surface area contributed by atoms with Gasteiger partial charge in [0.15, 0.2) is 0 Å². The van der Waals surface area contributed by atoms with Gasteiger partial charge in [-0.15, -0.1) is 0 Å². The highest BCUT2D eigenvalue weighted by atomic mass is 79.9. The van der Waals surface area contributed by atoms with Crippen molar-refractivity contribution < 1.29 is 9.21 Å². The summed E-state index contributed by atoms with van der Waals surface area (Å²) in [5.74, 6) is -0.262. The molecule has 0 unspecified atom stereocenters. The van der Waals surface area contributed by atoms with E-state index in [1.165, 1.54) is 0 Å². The summed E-state index contributed by atoms with van der Waals surface area (Å²) < 4.78 is 6.30. The monoisotopic (exact) mass is 397 g/mol. The van der Waals surface area contributed by atoms with Gasteiger partial charge in [-0.05, 0) is 42.7 Å². The van der Waals surface area contributed by atoms with E-state index in [9.17, 15) is 9.59 Å². The minimum absolute atomic E-state index is 0.0177. The maximum absolute atomic E-state index is 13.0. The fraction of sp³-hybridized carbons (Fsp3) is 0.200. The number of likely N-dealkylation sites (tertiary alicyclic amines) is 1. The fourth-order valence-corrected chi connectivity index (χ4v) is 3.85. The van der Waals surface area contributed by atoms with Gasteiger partial charge in [-0.25, -0.2) is 4.79 Å². The molecule has 25 heavy (non-hydrogen) atoms. The first-order valence-electron chi connectivity index (χ1n) is 8.23. The Morgan fingerprint density at radius 3 is 2.80 bits per heavy atom. The van der Waals surface area contributed by atoms with E-state index in [0.717, 1.165) is 28.3 Å². The van der Waals surface area contributed by atoms with Crippen LogP contribution in [0.3, 0.4) is 0 Å². The van der Waals surface area contributed by atoms with Crippen molar-refractivity contribution in [1.29, 1.82) is 0 Å². The van der Waals surface area contributed by atoms with Crippen LogP contribution in [0, 0.1) is 0 Å². The van der Waals surface area contributed by atoms with E-state index in [2.05, 4.69) is 15.9 Å². The number of carbonyl (C=O) groups excluding carboxylic acids is 1. The average molecular weight is 398 g/mol. The van der Waals surface area contributed by atoms with E-state index in [1.807, 2.05) is 36.4 Å². The standard InChI is InChI=1S/C20H16BrNO3/c21-15-7-3-6-13(11-15)17-8-4-10-22(17)19(23)16-12-14-5-1-2-9-18(14)25-20(16)24/h1-3,5-7,9,11-12,17H,4,8,10H2/t17-/m0/s1. The number of hydrogen-bond donors (Lipinski definition) is 0. The minimum atomic E-state index is -0.580. The van der Waals surface area contributed by atoms with E-state index in [1.54, 1.807) is 23.1 Å². The number of fused-ring (bicyclic) bond motifs is 1. The minimum Gasteiger partial charge on any atom is -0.422 e. The van der Waals surface area contributed by atoms with Crippen molar-refractivity contribution in [2.75, 3.05) is 6.54 Å². The van der Waals surface area contributed by atoms with Crippen LogP contribution in [0.15, 0.2) is 68.3 Å². The quantitative estimate of drug-likeness (QED) is 0.596. The maximum atomic E-state index is 13.0. The zero-order chi connectivity index (χ0) is 17.4. The lowest BCUT2D eigenvalue weighted by molar-refractivity contribution is 0.0731. The number of benzene rings is 2. The van der Waals surface area contributed by atoms with Crippen LogP contribution in [0.1, 0.15) is 34.8 Å². The molecule has 3 aromatic rings. The molecule has 1 amide bonds. The molecular weight excluding hydrogens is 382 g/mol. The first kappa shape index (κ1) is 16.1. The number of hydrogen-bond acceptors (Lipinski definition) is 3. The van der Waals surface area contributed by atoms with Crippen LogP contribution in [0.4, 0.5) is 0 Å². The van der Waals surface area contributed by atoms with Gasteiger partial charge in [0.2, 0.25) is 0 Å². The van der Waals surface area contributed by atoms with Crippen molar-refractivity contribution in [3.05, 3.63) is 80.6 Å². The summed E-state index contributed by atoms with van der Waals surface area (Å²) in [6.45, 7) is 0.641. The number of nitrogens with zero attached hydrogens (tertiary/aromatic N) is 1. The normalized spacial score (nSPS) is 17.2. The number of para-hydroxylation sites is 1. The Kier molecular flexibility index (Phi) is 4.17. The molecule has 1 aromatic heterocycles. The molecule has 1 aliphatic heterocycles. The topological polar surface area (TPSA) is 50.5 Å². The van der Waals surface area contributed by atoms with Crippen molar-refractivity contribution in [2.45, 2.75) is 18.9 Å². The highest BCUT2D eigenvalue weighted by molar-refractivity contribution is 9.10. The Morgan fingerprint density at radius 1 is 1.12 bits per heavy atom. The summed E-state index contributed by atoms with van der Waals surface area (Å²) in [6, 6.07) is 16.8. The summed E-state index contributed by atoms with van der Waals surface area (Å²) in [5.41, 5.74) is 1.09. The first-order valence-corrected chi connectivity index (χ1v) is 9.02. The first-order chi connectivity index (χ1) is 12.1. The van der Waals surface area contributed by atoms with E-state index in [4.69, 9.17) is 4.42 Å². The van der Waals surface area contributed by atoms with Crippen LogP contribution in [0.25, 0.3) is 11.0 Å². The van der Waals surface area contributed by atoms with Gasteiger partial charge in [-0.2, -0.15) is 0 Å². The molecule has 126 valence electrons. The Hall–Kier alpha value is -2.40. The molecule has 0 spiro atoms. The van der Waals surface area contributed by atoms with Gasteiger partial charge in [0, 0.05) is 16.4 Å². The highest BCUT2D eigenvalue weighted by Crippen LogP contribution is 2.34. The lowest BCUT2D eigenvalue weighted by Crippen LogP contribution is -2.33. The zero-order valence-electron chi connectivity index (χ0n) is 13.4. The molecule has 4 rings (SSSR count). The van der Waals surface area contributed by atoms with Gasteiger partial charge in [0.1, 0.15) is 11.1 Å². The van der Waals surface area contributed by atoms with Gasteiger partial charge in [0.05, 0.1) is 6.04 Å². The van der Waals surface area contributed by atoms with Crippen molar-refractivity contribution in [2.24, 2.45) is 0 Å². The molecule has 1 atom stereocenters. The third-order valence-electron chi connectivity index (χ3n) is 4.62. The summed E-state index contributed by atoms with van der Waals surface area (Å²) in [6.07, 6.45) is 1.81. The molecule has 5 heteroatoms. The van der Waals surface area contributed by atoms with Crippen molar-refractivity contribution in [3.8, 4) is 0 Å². The predicted molar refractivity (Wildman–Crippen MR) is 99.6 cm³/mol. The lowest BCUT2D eigenvalue weighted by Gasteiger charge is -2.25. The molecule has 0 N–H and O–H groups in total. The lowest BCUT2D eigenvalue weighted by atomic mass is 10.0. The van der Waals surface area contributed by atoms with Crippen LogP contribution in [-0.2, 0) is 0 Å². The molecular formula is C20H16BrNO3. The van der Waals surface area contributed by atoms with Gasteiger partial charge >= 0.3 is 5.63 Å². The summed E-state index contributed by atoms with van der Waals surface area (Å²) in [4.78, 5) is 27.1. The van der Waals surface area contributed by atoms with Crippen LogP contribution in [0.2, 0.25) is 0 Å². The van der Waals surface area contributed by atoms with E-state index < -0.39 is 5.63 Å². The van der Waals surface area contributed by atoms with E-state index >= 15 is 0 Å². The Balaban J connectivity index is 1.72. The Labute approximate surface area is 153 Å². The van der Waals surface area contributed by atoms with Gasteiger partial charge in [0.25, 0.3) is 5.91 Å². The SMILES string of the molecule is O=C(c1cc2ccccc2oc1=O)N1CCC[C@H]1c1cccc(Br)c1. The van der Waals surface area contributed by atoms with Crippen LogP contribution in [-0.4, -0.2) is 17.4 Å². The molecule has 4 nitrogen and oxygen atoms in total. The molecule has 1 saturated heterocycles. The Bertz CT molecular complexity index is 1010. The molecule has 1 aliphatic rings. The number of carbonyl (C=O) groups is 1. The maximum Gasteiger partial charge on any atom is 0.349 e. The fourth-order valence-electron chi connectivity index (χ4n) is 3.44. The zero-order valence-corrected chi connectivity index (χ0v) is 15.0. The summed E-state index contributed by atoms with van der Waals surface area (Å²) in [7, 11) is 0. The second kappa shape index (κ2) is 6.48. The van der Waals surface area contributed by atoms with Gasteiger partial charge in [-0.3, -0.25) is 4.79 Å². The molecule has 0 radical (unpaired) electrons. The number of rotatable bonds is 2. The third kappa shape index (κ3) is 3.00. The second-order valence-electron chi connectivity index (χ2n) is 6.20. The van der Waals surface area contributed by atoms with Gasteiger partial charge < -0.3 is 9.32 Å². The van der Waals surface area contributed by atoms with Gasteiger partial charge in [-0.1, -0.05) is 46.3 Å². The molecule has 1 fully saturated rings. The summed E-state index contributed by atoms with van der Waals surface area (Å²) in [5, 5.41) is 0.753.